The molecule has 0 unspecified atom stereocenters. The Balaban J connectivity index is 2.41. The van der Waals surface area contributed by atoms with E-state index in [2.05, 4.69) is 10.3 Å². The molecule has 0 radical (unpaired) electrons. The largest absolute Gasteiger partial charge is 0.494 e. The fourth-order valence-electron chi connectivity index (χ4n) is 1.96. The molecule has 0 aliphatic heterocycles. The monoisotopic (exact) mass is 261 g/mol. The molecule has 0 saturated carbocycles. The molecule has 0 atom stereocenters. The Bertz CT molecular complexity index is 646. The lowest BCUT2D eigenvalue weighted by molar-refractivity contribution is -0.116. The van der Waals surface area contributed by atoms with Crippen molar-refractivity contribution >= 4 is 28.4 Å². The molecule has 0 saturated heterocycles. The van der Waals surface area contributed by atoms with E-state index >= 15 is 0 Å². The normalized spacial score (nSPS) is 10.6. The predicted molar refractivity (Wildman–Crippen MR) is 72.0 cm³/mol. The molecule has 5 N–H and O–H groups in total. The van der Waals surface area contributed by atoms with Gasteiger partial charge in [0.05, 0.1) is 0 Å². The summed E-state index contributed by atoms with van der Waals surface area (Å²) in [6, 6.07) is 4.97. The summed E-state index contributed by atoms with van der Waals surface area (Å²) < 4.78 is 0. The Morgan fingerprint density at radius 3 is 2.79 bits per heavy atom. The van der Waals surface area contributed by atoms with E-state index in [4.69, 9.17) is 5.73 Å². The summed E-state index contributed by atoms with van der Waals surface area (Å²) in [6.07, 6.45) is 1.19. The lowest BCUT2D eigenvalue weighted by atomic mass is 10.1. The van der Waals surface area contributed by atoms with E-state index in [0.717, 1.165) is 6.42 Å². The van der Waals surface area contributed by atoms with Gasteiger partial charge >= 0.3 is 0 Å². The van der Waals surface area contributed by atoms with Crippen LogP contribution in [0, 0.1) is 0 Å². The molecule has 0 aliphatic rings. The maximum Gasteiger partial charge on any atom is 0.254 e. The first-order valence-electron chi connectivity index (χ1n) is 5.97. The second-order valence-corrected chi connectivity index (χ2v) is 4.27. The van der Waals surface area contributed by atoms with Crippen LogP contribution in [0.4, 0.5) is 5.69 Å². The third-order valence-corrected chi connectivity index (χ3v) is 2.79. The molecule has 0 bridgehead atoms. The van der Waals surface area contributed by atoms with Crippen LogP contribution in [0.3, 0.4) is 0 Å². The number of H-pyrrole nitrogens is 1. The highest BCUT2D eigenvalue weighted by molar-refractivity contribution is 6.09. The van der Waals surface area contributed by atoms with Crippen LogP contribution in [-0.2, 0) is 4.79 Å². The van der Waals surface area contributed by atoms with Gasteiger partial charge in [0.25, 0.3) is 5.91 Å². The Kier molecular flexibility index (Phi) is 3.41. The lowest BCUT2D eigenvalue weighted by Gasteiger charge is -2.04. The Hall–Kier alpha value is -2.50. The summed E-state index contributed by atoms with van der Waals surface area (Å²) in [5.74, 6) is -1.08. The van der Waals surface area contributed by atoms with Gasteiger partial charge in [-0.15, -0.1) is 0 Å². The maximum atomic E-state index is 11.5. The smallest absolute Gasteiger partial charge is 0.254 e. The van der Waals surface area contributed by atoms with Crippen molar-refractivity contribution in [3.8, 4) is 5.88 Å². The van der Waals surface area contributed by atoms with Gasteiger partial charge in [0.15, 0.2) is 0 Å². The van der Waals surface area contributed by atoms with E-state index in [-0.39, 0.29) is 17.4 Å². The predicted octanol–water partition coefficient (Wildman–Crippen LogP) is 1.71. The van der Waals surface area contributed by atoms with E-state index < -0.39 is 5.91 Å². The van der Waals surface area contributed by atoms with Crippen molar-refractivity contribution in [1.82, 2.24) is 4.98 Å². The molecule has 6 heteroatoms. The number of aromatic amines is 1. The quantitative estimate of drug-likeness (QED) is 0.672. The zero-order valence-corrected chi connectivity index (χ0v) is 10.5. The first kappa shape index (κ1) is 12.9. The fraction of sp³-hybridized carbons (Fsp3) is 0.231. The first-order chi connectivity index (χ1) is 9.02. The van der Waals surface area contributed by atoms with Crippen LogP contribution in [-0.4, -0.2) is 21.9 Å². The van der Waals surface area contributed by atoms with Crippen LogP contribution in [0.15, 0.2) is 18.2 Å². The van der Waals surface area contributed by atoms with E-state index in [9.17, 15) is 14.7 Å². The van der Waals surface area contributed by atoms with Crippen molar-refractivity contribution in [2.24, 2.45) is 5.73 Å². The van der Waals surface area contributed by atoms with E-state index in [0.29, 0.717) is 23.0 Å². The van der Waals surface area contributed by atoms with Crippen LogP contribution in [0.1, 0.15) is 30.1 Å². The maximum absolute atomic E-state index is 11.5. The average Bonchev–Trinajstić information content (AvgIpc) is 2.64. The van der Waals surface area contributed by atoms with Gasteiger partial charge in [-0.1, -0.05) is 6.92 Å². The van der Waals surface area contributed by atoms with E-state index in [1.807, 2.05) is 6.92 Å². The summed E-state index contributed by atoms with van der Waals surface area (Å²) >= 11 is 0. The number of anilines is 1. The second-order valence-electron chi connectivity index (χ2n) is 4.27. The van der Waals surface area contributed by atoms with Crippen LogP contribution < -0.4 is 11.1 Å². The summed E-state index contributed by atoms with van der Waals surface area (Å²) in [4.78, 5) is 25.5. The van der Waals surface area contributed by atoms with E-state index in [1.165, 1.54) is 0 Å². The summed E-state index contributed by atoms with van der Waals surface area (Å²) in [5, 5.41) is 12.8. The van der Waals surface area contributed by atoms with Crippen molar-refractivity contribution in [3.63, 3.8) is 0 Å². The van der Waals surface area contributed by atoms with Crippen molar-refractivity contribution < 1.29 is 14.7 Å². The van der Waals surface area contributed by atoms with Crippen LogP contribution in [0.5, 0.6) is 5.88 Å². The highest BCUT2D eigenvalue weighted by Crippen LogP contribution is 2.29. The SMILES string of the molecule is CCCC(=O)Nc1ccc2[nH]c(O)c(C(N)=O)c2c1. The Labute approximate surface area is 109 Å². The van der Waals surface area contributed by atoms with Gasteiger partial charge < -0.3 is 21.1 Å². The zero-order chi connectivity index (χ0) is 14.0. The number of fused-ring (bicyclic) bond motifs is 1. The van der Waals surface area contributed by atoms with Gasteiger partial charge in [-0.25, -0.2) is 0 Å². The molecule has 100 valence electrons. The van der Waals surface area contributed by atoms with Crippen molar-refractivity contribution in [3.05, 3.63) is 23.8 Å². The third kappa shape index (κ3) is 2.52. The Morgan fingerprint density at radius 1 is 1.42 bits per heavy atom. The number of hydrogen-bond donors (Lipinski definition) is 4. The van der Waals surface area contributed by atoms with Gasteiger partial charge in [0.1, 0.15) is 5.56 Å². The molecule has 19 heavy (non-hydrogen) atoms. The molecular weight excluding hydrogens is 246 g/mol. The number of nitrogens with two attached hydrogens (primary N) is 1. The summed E-state index contributed by atoms with van der Waals surface area (Å²) in [6.45, 7) is 1.91. The summed E-state index contributed by atoms with van der Waals surface area (Å²) in [7, 11) is 0. The van der Waals surface area contributed by atoms with Crippen molar-refractivity contribution in [2.75, 3.05) is 5.32 Å². The molecule has 1 aromatic heterocycles. The van der Waals surface area contributed by atoms with Gasteiger partial charge in [0, 0.05) is 23.0 Å². The highest BCUT2D eigenvalue weighted by Gasteiger charge is 2.16. The summed E-state index contributed by atoms with van der Waals surface area (Å²) in [5.41, 5.74) is 6.39. The number of hydrogen-bond acceptors (Lipinski definition) is 3. The molecule has 6 nitrogen and oxygen atoms in total. The third-order valence-electron chi connectivity index (χ3n) is 2.79. The number of benzene rings is 1. The average molecular weight is 261 g/mol. The molecule has 0 aliphatic carbocycles. The number of aromatic nitrogens is 1. The highest BCUT2D eigenvalue weighted by atomic mass is 16.3. The van der Waals surface area contributed by atoms with Crippen LogP contribution >= 0.6 is 0 Å². The fourth-order valence-corrected chi connectivity index (χ4v) is 1.96. The molecule has 2 aromatic rings. The number of carbonyl (C=O) groups excluding carboxylic acids is 2. The minimum Gasteiger partial charge on any atom is -0.494 e. The lowest BCUT2D eigenvalue weighted by Crippen LogP contribution is -2.11. The second kappa shape index (κ2) is 5.01. The number of aromatic hydroxyl groups is 1. The van der Waals surface area contributed by atoms with Gasteiger partial charge in [0.2, 0.25) is 11.8 Å². The van der Waals surface area contributed by atoms with Gasteiger partial charge in [-0.3, -0.25) is 9.59 Å². The standard InChI is InChI=1S/C13H15N3O3/c1-2-3-10(17)15-7-4-5-9-8(6-7)11(12(14)18)13(19)16-9/h4-6,16,19H,2-3H2,1H3,(H2,14,18)(H,15,17). The molecule has 2 rings (SSSR count). The number of rotatable bonds is 4. The number of primary amides is 1. The molecule has 0 spiro atoms. The molecular formula is C13H15N3O3. The van der Waals surface area contributed by atoms with Crippen molar-refractivity contribution in [1.29, 1.82) is 0 Å². The van der Waals surface area contributed by atoms with E-state index in [1.54, 1.807) is 18.2 Å². The van der Waals surface area contributed by atoms with Crippen LogP contribution in [0.25, 0.3) is 10.9 Å². The molecule has 2 amide bonds. The van der Waals surface area contributed by atoms with Crippen LogP contribution in [0.2, 0.25) is 0 Å². The molecule has 1 heterocycles. The molecule has 0 fully saturated rings. The topological polar surface area (TPSA) is 108 Å². The number of carbonyl (C=O) groups is 2. The number of nitrogens with one attached hydrogen (secondary N) is 2. The van der Waals surface area contributed by atoms with Gasteiger partial charge in [-0.05, 0) is 24.6 Å². The first-order valence-corrected chi connectivity index (χ1v) is 5.97. The van der Waals surface area contributed by atoms with Crippen molar-refractivity contribution in [2.45, 2.75) is 19.8 Å². The van der Waals surface area contributed by atoms with Gasteiger partial charge in [-0.2, -0.15) is 0 Å². The Morgan fingerprint density at radius 2 is 2.16 bits per heavy atom. The zero-order valence-electron chi connectivity index (χ0n) is 10.5. The number of amides is 2. The molecule has 1 aromatic carbocycles. The minimum atomic E-state index is -0.721. The minimum absolute atomic E-state index is 0.0293.